The summed E-state index contributed by atoms with van der Waals surface area (Å²) in [5, 5.41) is 16.9. The Morgan fingerprint density at radius 2 is 1.82 bits per heavy atom. The lowest BCUT2D eigenvalue weighted by atomic mass is 9.88. The molecule has 0 aliphatic heterocycles. The molecule has 3 aromatic rings. The predicted molar refractivity (Wildman–Crippen MR) is 142 cm³/mol. The molecule has 2 aliphatic rings. The van der Waals surface area contributed by atoms with Crippen molar-refractivity contribution in [3.8, 4) is 11.1 Å². The Labute approximate surface area is 220 Å². The molecule has 0 aromatic carbocycles. The first kappa shape index (κ1) is 25.6. The van der Waals surface area contributed by atoms with Gasteiger partial charge in [-0.15, -0.1) is 13.2 Å². The number of nitrogens with one attached hydrogen (secondary N) is 3. The maximum Gasteiger partial charge on any atom is 0.270 e. The summed E-state index contributed by atoms with van der Waals surface area (Å²) in [5.41, 5.74) is 2.65. The van der Waals surface area contributed by atoms with Crippen molar-refractivity contribution in [2.75, 3.05) is 5.32 Å². The van der Waals surface area contributed by atoms with Gasteiger partial charge in [0.25, 0.3) is 5.91 Å². The van der Waals surface area contributed by atoms with Crippen LogP contribution in [0.25, 0.3) is 11.1 Å². The number of amides is 2. The molecule has 198 valence electrons. The zero-order valence-corrected chi connectivity index (χ0v) is 21.6. The van der Waals surface area contributed by atoms with E-state index < -0.39 is 23.8 Å². The molecule has 3 heterocycles. The van der Waals surface area contributed by atoms with E-state index in [0.29, 0.717) is 34.4 Å². The number of aromatic nitrogens is 5. The van der Waals surface area contributed by atoms with Crippen LogP contribution < -0.4 is 10.6 Å². The third-order valence-electron chi connectivity index (χ3n) is 7.45. The second-order valence-electron chi connectivity index (χ2n) is 10.2. The second-order valence-corrected chi connectivity index (χ2v) is 10.2. The van der Waals surface area contributed by atoms with E-state index >= 15 is 4.39 Å². The number of rotatable bonds is 11. The van der Waals surface area contributed by atoms with E-state index in [-0.39, 0.29) is 17.8 Å². The van der Waals surface area contributed by atoms with Gasteiger partial charge in [-0.25, -0.2) is 9.67 Å². The van der Waals surface area contributed by atoms with Crippen molar-refractivity contribution in [2.24, 2.45) is 17.8 Å². The molecule has 0 radical (unpaired) electrons. The van der Waals surface area contributed by atoms with Gasteiger partial charge in [-0.05, 0) is 75.5 Å². The molecule has 2 fully saturated rings. The number of halogens is 1. The highest BCUT2D eigenvalue weighted by atomic mass is 19.1. The SMILES string of the molecule is C=CC(C=C)n1nccc1C(=O)N[C@H](C(=O)Nc1ccc(-c2c(C)n[nH]c2C)c(F)n1)C(C1CC1)C1CC1. The van der Waals surface area contributed by atoms with Gasteiger partial charge >= 0.3 is 0 Å². The largest absolute Gasteiger partial charge is 0.339 e. The standard InChI is InChI=1S/C28H32FN7O2/c1-5-19(6-2)36-21(13-14-30-36)27(37)33-25(24(17-7-8-17)18-9-10-18)28(38)32-22-12-11-20(26(29)31-22)23-15(3)34-35-16(23)4/h5-6,11-14,17-19,24-25H,1-2,7-10H2,3-4H3,(H,33,37)(H,34,35)(H,31,32,38)/t25-/m0/s1. The number of hydrogen-bond acceptors (Lipinski definition) is 5. The molecular weight excluding hydrogens is 485 g/mol. The normalized spacial score (nSPS) is 15.9. The lowest BCUT2D eigenvalue weighted by Gasteiger charge is -2.27. The Morgan fingerprint density at radius 1 is 1.13 bits per heavy atom. The first-order valence-electron chi connectivity index (χ1n) is 12.9. The van der Waals surface area contributed by atoms with Crippen molar-refractivity contribution in [2.45, 2.75) is 51.6 Å². The maximum atomic E-state index is 15.0. The fourth-order valence-electron chi connectivity index (χ4n) is 5.31. The molecule has 0 bridgehead atoms. The number of H-pyrrole nitrogens is 1. The van der Waals surface area contributed by atoms with Gasteiger partial charge < -0.3 is 10.6 Å². The molecule has 2 aliphatic carbocycles. The van der Waals surface area contributed by atoms with Crippen LogP contribution >= 0.6 is 0 Å². The number of aromatic amines is 1. The summed E-state index contributed by atoms with van der Waals surface area (Å²) >= 11 is 0. The van der Waals surface area contributed by atoms with Crippen molar-refractivity contribution in [3.05, 3.63) is 72.7 Å². The van der Waals surface area contributed by atoms with Gasteiger partial charge in [0.1, 0.15) is 17.6 Å². The van der Waals surface area contributed by atoms with E-state index in [1.807, 2.05) is 6.92 Å². The van der Waals surface area contributed by atoms with Crippen molar-refractivity contribution >= 4 is 17.6 Å². The third kappa shape index (κ3) is 5.03. The van der Waals surface area contributed by atoms with Crippen LogP contribution in [0, 0.1) is 37.5 Å². The number of aryl methyl sites for hydroxylation is 2. The number of anilines is 1. The van der Waals surface area contributed by atoms with Gasteiger partial charge in [-0.1, -0.05) is 12.2 Å². The molecule has 38 heavy (non-hydrogen) atoms. The smallest absolute Gasteiger partial charge is 0.270 e. The molecule has 9 nitrogen and oxygen atoms in total. The maximum absolute atomic E-state index is 15.0. The monoisotopic (exact) mass is 517 g/mol. The van der Waals surface area contributed by atoms with Crippen molar-refractivity contribution in [3.63, 3.8) is 0 Å². The van der Waals surface area contributed by atoms with Gasteiger partial charge in [0, 0.05) is 23.0 Å². The van der Waals surface area contributed by atoms with E-state index in [2.05, 4.69) is 44.1 Å². The van der Waals surface area contributed by atoms with Crippen LogP contribution in [0.15, 0.2) is 49.7 Å². The molecule has 0 unspecified atom stereocenters. The van der Waals surface area contributed by atoms with Crippen molar-refractivity contribution in [1.29, 1.82) is 0 Å². The molecule has 5 rings (SSSR count). The predicted octanol–water partition coefficient (Wildman–Crippen LogP) is 4.51. The molecular formula is C28H32FN7O2. The summed E-state index contributed by atoms with van der Waals surface area (Å²) in [4.78, 5) is 31.1. The van der Waals surface area contributed by atoms with Crippen LogP contribution in [0.2, 0.25) is 0 Å². The number of pyridine rings is 1. The molecule has 3 N–H and O–H groups in total. The Morgan fingerprint density at radius 3 is 2.37 bits per heavy atom. The zero-order valence-electron chi connectivity index (χ0n) is 21.6. The zero-order chi connectivity index (χ0) is 27.0. The summed E-state index contributed by atoms with van der Waals surface area (Å²) in [6.45, 7) is 11.2. The fourth-order valence-corrected chi connectivity index (χ4v) is 5.31. The summed E-state index contributed by atoms with van der Waals surface area (Å²) in [5.74, 6) is -0.696. The summed E-state index contributed by atoms with van der Waals surface area (Å²) in [7, 11) is 0. The molecule has 3 aromatic heterocycles. The van der Waals surface area contributed by atoms with E-state index in [1.165, 1.54) is 10.9 Å². The van der Waals surface area contributed by atoms with Gasteiger partial charge in [0.2, 0.25) is 11.9 Å². The second kappa shape index (κ2) is 10.4. The molecule has 2 amide bonds. The Balaban J connectivity index is 1.40. The molecule has 2 saturated carbocycles. The summed E-state index contributed by atoms with van der Waals surface area (Å²) in [6.07, 6.45) is 8.90. The summed E-state index contributed by atoms with van der Waals surface area (Å²) in [6, 6.07) is 3.59. The molecule has 10 heteroatoms. The lowest BCUT2D eigenvalue weighted by Crippen LogP contribution is -2.50. The van der Waals surface area contributed by atoms with E-state index in [4.69, 9.17) is 0 Å². The van der Waals surface area contributed by atoms with Crippen LogP contribution in [0.5, 0.6) is 0 Å². The Hall–Kier alpha value is -4.08. The van der Waals surface area contributed by atoms with E-state index in [0.717, 1.165) is 31.4 Å². The average molecular weight is 518 g/mol. The topological polar surface area (TPSA) is 118 Å². The number of allylic oxidation sites excluding steroid dienone is 2. The van der Waals surface area contributed by atoms with Gasteiger partial charge in [0.05, 0.1) is 11.7 Å². The number of carbonyl (C=O) groups excluding carboxylic acids is 2. The molecule has 0 saturated heterocycles. The van der Waals surface area contributed by atoms with Crippen LogP contribution in [-0.4, -0.2) is 42.8 Å². The lowest BCUT2D eigenvalue weighted by molar-refractivity contribution is -0.119. The van der Waals surface area contributed by atoms with Gasteiger partial charge in [0.15, 0.2) is 0 Å². The molecule has 0 spiro atoms. The Kier molecular flexibility index (Phi) is 6.96. The van der Waals surface area contributed by atoms with Gasteiger partial charge in [-0.2, -0.15) is 14.6 Å². The number of hydrogen-bond donors (Lipinski definition) is 3. The Bertz CT molecular complexity index is 1350. The van der Waals surface area contributed by atoms with E-state index in [1.54, 1.807) is 37.3 Å². The molecule has 1 atom stereocenters. The van der Waals surface area contributed by atoms with Crippen molar-refractivity contribution in [1.82, 2.24) is 30.3 Å². The van der Waals surface area contributed by atoms with Crippen LogP contribution in [0.4, 0.5) is 10.2 Å². The average Bonchev–Trinajstić information content (AvgIpc) is 3.83. The minimum atomic E-state index is -0.792. The number of nitrogens with zero attached hydrogens (tertiary/aromatic N) is 4. The first-order chi connectivity index (χ1) is 18.3. The van der Waals surface area contributed by atoms with Crippen LogP contribution in [0.3, 0.4) is 0 Å². The fraction of sp³-hybridized carbons (Fsp3) is 0.393. The quantitative estimate of drug-likeness (QED) is 0.256. The minimum Gasteiger partial charge on any atom is -0.339 e. The van der Waals surface area contributed by atoms with Crippen LogP contribution in [0.1, 0.15) is 53.6 Å². The minimum absolute atomic E-state index is 0.00489. The number of carbonyl (C=O) groups is 2. The highest BCUT2D eigenvalue weighted by Crippen LogP contribution is 2.51. The highest BCUT2D eigenvalue weighted by molar-refractivity contribution is 6.00. The van der Waals surface area contributed by atoms with Crippen LogP contribution in [-0.2, 0) is 4.79 Å². The van der Waals surface area contributed by atoms with Gasteiger partial charge in [-0.3, -0.25) is 14.7 Å². The highest BCUT2D eigenvalue weighted by Gasteiger charge is 2.48. The first-order valence-corrected chi connectivity index (χ1v) is 12.9. The third-order valence-corrected chi connectivity index (χ3v) is 7.45. The van der Waals surface area contributed by atoms with E-state index in [9.17, 15) is 9.59 Å². The summed E-state index contributed by atoms with van der Waals surface area (Å²) < 4.78 is 16.6. The van der Waals surface area contributed by atoms with Crippen molar-refractivity contribution < 1.29 is 14.0 Å².